The zero-order valence-electron chi connectivity index (χ0n) is 14.5. The largest absolute Gasteiger partial charge is 0.494 e. The molecule has 4 rings (SSSR count). The summed E-state index contributed by atoms with van der Waals surface area (Å²) in [7, 11) is 1.56. The number of carboxylic acid groups (broad SMARTS) is 1. The quantitative estimate of drug-likeness (QED) is 0.718. The second kappa shape index (κ2) is 6.60. The molecule has 9 heteroatoms. The van der Waals surface area contributed by atoms with Crippen LogP contribution < -0.4 is 4.74 Å². The Hall–Kier alpha value is -3.62. The first-order valence-electron chi connectivity index (χ1n) is 8.31. The van der Waals surface area contributed by atoms with Gasteiger partial charge in [0.2, 0.25) is 0 Å². The summed E-state index contributed by atoms with van der Waals surface area (Å²) >= 11 is 0. The molecule has 0 bridgehead atoms. The highest BCUT2D eigenvalue weighted by molar-refractivity contribution is 5.96. The van der Waals surface area contributed by atoms with E-state index in [2.05, 4.69) is 15.1 Å². The molecule has 0 spiro atoms. The van der Waals surface area contributed by atoms with Crippen molar-refractivity contribution in [2.24, 2.45) is 0 Å². The van der Waals surface area contributed by atoms with Crippen LogP contribution in [0.2, 0.25) is 0 Å². The number of carbonyl (C=O) groups is 2. The van der Waals surface area contributed by atoms with Gasteiger partial charge in [-0.05, 0) is 12.1 Å². The molecule has 1 atom stereocenters. The van der Waals surface area contributed by atoms with Crippen LogP contribution in [0.5, 0.6) is 5.75 Å². The average molecular weight is 367 g/mol. The predicted molar refractivity (Wildman–Crippen MR) is 93.7 cm³/mol. The minimum absolute atomic E-state index is 0.158. The Balaban J connectivity index is 1.65. The van der Waals surface area contributed by atoms with Crippen LogP contribution in [0.15, 0.2) is 43.0 Å². The van der Waals surface area contributed by atoms with E-state index in [0.717, 1.165) is 5.69 Å². The molecule has 0 aliphatic carbocycles. The number of hydrogen-bond acceptors (Lipinski definition) is 5. The molecule has 1 aromatic carbocycles. The lowest BCUT2D eigenvalue weighted by molar-refractivity contribution is -0.142. The summed E-state index contributed by atoms with van der Waals surface area (Å²) in [5.74, 6) is -0.846. The molecule has 1 aliphatic heterocycles. The number of carboxylic acids is 1. The van der Waals surface area contributed by atoms with Gasteiger partial charge in [-0.3, -0.25) is 4.79 Å². The third-order valence-corrected chi connectivity index (χ3v) is 4.61. The van der Waals surface area contributed by atoms with E-state index in [4.69, 9.17) is 4.74 Å². The van der Waals surface area contributed by atoms with Crippen molar-refractivity contribution in [1.82, 2.24) is 24.6 Å². The van der Waals surface area contributed by atoms with Gasteiger partial charge < -0.3 is 19.7 Å². The number of amides is 1. The molecule has 2 aromatic heterocycles. The zero-order valence-corrected chi connectivity index (χ0v) is 14.5. The van der Waals surface area contributed by atoms with Crippen molar-refractivity contribution in [2.45, 2.75) is 19.0 Å². The van der Waals surface area contributed by atoms with Gasteiger partial charge in [0, 0.05) is 12.6 Å². The topological polar surface area (TPSA) is 113 Å². The van der Waals surface area contributed by atoms with Gasteiger partial charge in [-0.15, -0.1) is 0 Å². The predicted octanol–water partition coefficient (Wildman–Crippen LogP) is 1.26. The van der Waals surface area contributed by atoms with E-state index in [0.29, 0.717) is 22.7 Å². The standard InChI is InChI=1S/C18H17N5O4/c1-27-16-5-3-2-4-14(16)23-8-11(7-21-23)17(24)22-9-13-12(19-10-20-13)6-15(22)18(25)26/h2-5,7-8,10,15H,6,9H2,1H3,(H,19,20)(H,25,26)/t15-/m0/s1. The molecular formula is C18H17N5O4. The molecule has 0 saturated carbocycles. The Morgan fingerprint density at radius 1 is 1.33 bits per heavy atom. The molecule has 0 saturated heterocycles. The summed E-state index contributed by atoms with van der Waals surface area (Å²) in [6.07, 6.45) is 4.68. The molecule has 138 valence electrons. The van der Waals surface area contributed by atoms with E-state index in [1.165, 1.54) is 22.1 Å². The number of aliphatic carboxylic acids is 1. The number of hydrogen-bond donors (Lipinski definition) is 2. The Kier molecular flexibility index (Phi) is 4.11. The number of benzene rings is 1. The lowest BCUT2D eigenvalue weighted by atomic mass is 10.0. The van der Waals surface area contributed by atoms with Crippen LogP contribution in [0.25, 0.3) is 5.69 Å². The minimum atomic E-state index is -1.06. The van der Waals surface area contributed by atoms with E-state index in [1.807, 2.05) is 18.2 Å². The summed E-state index contributed by atoms with van der Waals surface area (Å²) in [5, 5.41) is 13.8. The van der Waals surface area contributed by atoms with Crippen LogP contribution >= 0.6 is 0 Å². The minimum Gasteiger partial charge on any atom is -0.494 e. The number of imidazole rings is 1. The van der Waals surface area contributed by atoms with E-state index < -0.39 is 17.9 Å². The Morgan fingerprint density at radius 3 is 2.93 bits per heavy atom. The van der Waals surface area contributed by atoms with Crippen molar-refractivity contribution in [1.29, 1.82) is 0 Å². The van der Waals surface area contributed by atoms with Crippen LogP contribution in [0, 0.1) is 0 Å². The number of ether oxygens (including phenoxy) is 1. The number of aromatic nitrogens is 4. The molecule has 27 heavy (non-hydrogen) atoms. The fourth-order valence-corrected chi connectivity index (χ4v) is 3.22. The van der Waals surface area contributed by atoms with Crippen molar-refractivity contribution in [2.75, 3.05) is 7.11 Å². The first-order valence-corrected chi connectivity index (χ1v) is 8.31. The molecular weight excluding hydrogens is 350 g/mol. The number of H-pyrrole nitrogens is 1. The van der Waals surface area contributed by atoms with Crippen LogP contribution in [0.1, 0.15) is 21.7 Å². The highest BCUT2D eigenvalue weighted by Gasteiger charge is 2.36. The number of fused-ring (bicyclic) bond motifs is 1. The fourth-order valence-electron chi connectivity index (χ4n) is 3.22. The van der Waals surface area contributed by atoms with Crippen LogP contribution in [-0.4, -0.2) is 54.8 Å². The third kappa shape index (κ3) is 2.92. The zero-order chi connectivity index (χ0) is 19.0. The monoisotopic (exact) mass is 367 g/mol. The number of rotatable bonds is 4. The number of nitrogens with one attached hydrogen (secondary N) is 1. The van der Waals surface area contributed by atoms with Crippen molar-refractivity contribution < 1.29 is 19.4 Å². The molecule has 0 unspecified atom stereocenters. The van der Waals surface area contributed by atoms with Gasteiger partial charge >= 0.3 is 5.97 Å². The molecule has 2 N–H and O–H groups in total. The Bertz CT molecular complexity index is 1010. The van der Waals surface area contributed by atoms with Crippen molar-refractivity contribution in [3.8, 4) is 11.4 Å². The second-order valence-corrected chi connectivity index (χ2v) is 6.16. The first-order chi connectivity index (χ1) is 13.1. The number of carbonyl (C=O) groups excluding carboxylic acids is 1. The van der Waals surface area contributed by atoms with Crippen LogP contribution in [0.3, 0.4) is 0 Å². The average Bonchev–Trinajstić information content (AvgIpc) is 3.35. The summed E-state index contributed by atoms with van der Waals surface area (Å²) in [6, 6.07) is 6.32. The molecule has 3 aromatic rings. The van der Waals surface area contributed by atoms with Gasteiger partial charge in [-0.25, -0.2) is 14.5 Å². The fraction of sp³-hybridized carbons (Fsp3) is 0.222. The molecule has 0 radical (unpaired) electrons. The number of methoxy groups -OCH3 is 1. The Morgan fingerprint density at radius 2 is 2.15 bits per heavy atom. The Labute approximate surface area is 154 Å². The number of nitrogens with zero attached hydrogens (tertiary/aromatic N) is 4. The maximum Gasteiger partial charge on any atom is 0.326 e. The lowest BCUT2D eigenvalue weighted by Crippen LogP contribution is -2.48. The van der Waals surface area contributed by atoms with Crippen LogP contribution in [-0.2, 0) is 17.8 Å². The maximum absolute atomic E-state index is 13.0. The molecule has 1 amide bonds. The molecule has 0 fully saturated rings. The van der Waals surface area contributed by atoms with E-state index in [1.54, 1.807) is 19.4 Å². The highest BCUT2D eigenvalue weighted by atomic mass is 16.5. The number of para-hydroxylation sites is 2. The van der Waals surface area contributed by atoms with Crippen molar-refractivity contribution >= 4 is 11.9 Å². The van der Waals surface area contributed by atoms with Gasteiger partial charge in [0.05, 0.1) is 43.1 Å². The highest BCUT2D eigenvalue weighted by Crippen LogP contribution is 2.25. The maximum atomic E-state index is 13.0. The van der Waals surface area contributed by atoms with Gasteiger partial charge in [-0.1, -0.05) is 12.1 Å². The van der Waals surface area contributed by atoms with Crippen molar-refractivity contribution in [3.63, 3.8) is 0 Å². The lowest BCUT2D eigenvalue weighted by Gasteiger charge is -2.32. The molecule has 1 aliphatic rings. The van der Waals surface area contributed by atoms with E-state index >= 15 is 0 Å². The van der Waals surface area contributed by atoms with Gasteiger partial charge in [0.15, 0.2) is 0 Å². The summed E-state index contributed by atoms with van der Waals surface area (Å²) in [5.41, 5.74) is 2.41. The van der Waals surface area contributed by atoms with E-state index in [-0.39, 0.29) is 13.0 Å². The summed E-state index contributed by atoms with van der Waals surface area (Å²) in [4.78, 5) is 33.1. The van der Waals surface area contributed by atoms with E-state index in [9.17, 15) is 14.7 Å². The smallest absolute Gasteiger partial charge is 0.326 e. The summed E-state index contributed by atoms with van der Waals surface area (Å²) < 4.78 is 6.85. The van der Waals surface area contributed by atoms with Gasteiger partial charge in [0.25, 0.3) is 5.91 Å². The first kappa shape index (κ1) is 16.8. The second-order valence-electron chi connectivity index (χ2n) is 6.16. The van der Waals surface area contributed by atoms with Gasteiger partial charge in [0.1, 0.15) is 17.5 Å². The number of aromatic amines is 1. The van der Waals surface area contributed by atoms with Crippen molar-refractivity contribution in [3.05, 3.63) is 59.9 Å². The van der Waals surface area contributed by atoms with Gasteiger partial charge in [-0.2, -0.15) is 5.10 Å². The SMILES string of the molecule is COc1ccccc1-n1cc(C(=O)N2Cc3[nH]cnc3C[C@H]2C(=O)O)cn1. The normalized spacial score (nSPS) is 16.0. The molecule has 9 nitrogen and oxygen atoms in total. The molecule has 3 heterocycles. The van der Waals surface area contributed by atoms with Crippen LogP contribution in [0.4, 0.5) is 0 Å². The summed E-state index contributed by atoms with van der Waals surface area (Å²) in [6.45, 7) is 0.158. The third-order valence-electron chi connectivity index (χ3n) is 4.61.